The van der Waals surface area contributed by atoms with Crippen LogP contribution in [0.3, 0.4) is 0 Å². The first-order valence-corrected chi connectivity index (χ1v) is 8.76. The number of hydrogen-bond donors (Lipinski definition) is 2. The molecule has 1 aliphatic rings. The monoisotopic (exact) mass is 355 g/mol. The van der Waals surface area contributed by atoms with Crippen LogP contribution < -0.4 is 20.7 Å². The zero-order valence-electron chi connectivity index (χ0n) is 15.0. The SMILES string of the molecule is COc1cc(C(=O)NCCN2CCN(c3ccncc3)CC2)ccc1N. The summed E-state index contributed by atoms with van der Waals surface area (Å²) in [6.07, 6.45) is 3.65. The number of amides is 1. The molecule has 2 heterocycles. The Bertz CT molecular complexity index is 730. The second kappa shape index (κ2) is 8.53. The van der Waals surface area contributed by atoms with Crippen LogP contribution in [-0.4, -0.2) is 62.2 Å². The maximum atomic E-state index is 12.3. The van der Waals surface area contributed by atoms with E-state index in [2.05, 4.69) is 20.1 Å². The second-order valence-electron chi connectivity index (χ2n) is 6.25. The van der Waals surface area contributed by atoms with E-state index in [9.17, 15) is 4.79 Å². The van der Waals surface area contributed by atoms with Gasteiger partial charge < -0.3 is 20.7 Å². The Kier molecular flexibility index (Phi) is 5.91. The highest BCUT2D eigenvalue weighted by Crippen LogP contribution is 2.22. The summed E-state index contributed by atoms with van der Waals surface area (Å²) in [5.41, 5.74) is 8.07. The Morgan fingerprint density at radius 1 is 1.19 bits per heavy atom. The number of carbonyl (C=O) groups excluding carboxylic acids is 1. The lowest BCUT2D eigenvalue weighted by Gasteiger charge is -2.36. The van der Waals surface area contributed by atoms with Crippen molar-refractivity contribution in [1.29, 1.82) is 0 Å². The number of hydrogen-bond acceptors (Lipinski definition) is 6. The fraction of sp³-hybridized carbons (Fsp3) is 0.368. The highest BCUT2D eigenvalue weighted by molar-refractivity contribution is 5.95. The number of pyridine rings is 1. The predicted molar refractivity (Wildman–Crippen MR) is 103 cm³/mol. The lowest BCUT2D eigenvalue weighted by molar-refractivity contribution is 0.0947. The summed E-state index contributed by atoms with van der Waals surface area (Å²) in [6, 6.07) is 9.14. The molecule has 0 saturated carbocycles. The smallest absolute Gasteiger partial charge is 0.251 e. The van der Waals surface area contributed by atoms with E-state index in [-0.39, 0.29) is 5.91 Å². The highest BCUT2D eigenvalue weighted by Gasteiger charge is 2.17. The van der Waals surface area contributed by atoms with Gasteiger partial charge >= 0.3 is 0 Å². The largest absolute Gasteiger partial charge is 0.495 e. The topological polar surface area (TPSA) is 83.7 Å². The number of rotatable bonds is 6. The van der Waals surface area contributed by atoms with Gasteiger partial charge in [0.2, 0.25) is 0 Å². The molecule has 1 saturated heterocycles. The summed E-state index contributed by atoms with van der Waals surface area (Å²) in [5, 5.41) is 2.96. The van der Waals surface area contributed by atoms with Crippen LogP contribution in [0.4, 0.5) is 11.4 Å². The maximum absolute atomic E-state index is 12.3. The normalized spacial score (nSPS) is 14.9. The van der Waals surface area contributed by atoms with Gasteiger partial charge in [-0.05, 0) is 30.3 Å². The maximum Gasteiger partial charge on any atom is 0.251 e. The van der Waals surface area contributed by atoms with Crippen molar-refractivity contribution in [2.45, 2.75) is 0 Å². The molecule has 1 aliphatic heterocycles. The summed E-state index contributed by atoms with van der Waals surface area (Å²) < 4.78 is 5.16. The van der Waals surface area contributed by atoms with E-state index in [1.807, 2.05) is 24.5 Å². The summed E-state index contributed by atoms with van der Waals surface area (Å²) in [6.45, 7) is 5.37. The summed E-state index contributed by atoms with van der Waals surface area (Å²) in [5.74, 6) is 0.406. The minimum Gasteiger partial charge on any atom is -0.495 e. The Balaban J connectivity index is 1.42. The van der Waals surface area contributed by atoms with Crippen LogP contribution in [0, 0.1) is 0 Å². The van der Waals surface area contributed by atoms with Gasteiger partial charge in [0.1, 0.15) is 5.75 Å². The molecule has 0 bridgehead atoms. The first kappa shape index (κ1) is 18.0. The van der Waals surface area contributed by atoms with Crippen LogP contribution in [0.15, 0.2) is 42.7 Å². The van der Waals surface area contributed by atoms with E-state index in [0.29, 0.717) is 23.5 Å². The van der Waals surface area contributed by atoms with Crippen molar-refractivity contribution in [3.8, 4) is 5.75 Å². The molecule has 1 amide bonds. The summed E-state index contributed by atoms with van der Waals surface area (Å²) >= 11 is 0. The van der Waals surface area contributed by atoms with E-state index in [0.717, 1.165) is 32.7 Å². The molecule has 26 heavy (non-hydrogen) atoms. The van der Waals surface area contributed by atoms with Crippen LogP contribution in [0.2, 0.25) is 0 Å². The van der Waals surface area contributed by atoms with Gasteiger partial charge in [-0.15, -0.1) is 0 Å². The molecule has 3 rings (SSSR count). The standard InChI is InChI=1S/C19H25N5O2/c1-26-18-14-15(2-3-17(18)20)19(25)22-8-9-23-10-12-24(13-11-23)16-4-6-21-7-5-16/h2-7,14H,8-13,20H2,1H3,(H,22,25). The van der Waals surface area contributed by atoms with Gasteiger partial charge in [-0.1, -0.05) is 0 Å². The van der Waals surface area contributed by atoms with Crippen molar-refractivity contribution in [3.63, 3.8) is 0 Å². The van der Waals surface area contributed by atoms with Gasteiger partial charge in [0.05, 0.1) is 12.8 Å². The minimum absolute atomic E-state index is 0.112. The van der Waals surface area contributed by atoms with Crippen molar-refractivity contribution in [1.82, 2.24) is 15.2 Å². The quantitative estimate of drug-likeness (QED) is 0.758. The third-order valence-corrected chi connectivity index (χ3v) is 4.61. The van der Waals surface area contributed by atoms with Gasteiger partial charge in [0.15, 0.2) is 0 Å². The highest BCUT2D eigenvalue weighted by atomic mass is 16.5. The molecule has 1 aromatic carbocycles. The Morgan fingerprint density at radius 3 is 2.62 bits per heavy atom. The molecule has 0 aliphatic carbocycles. The van der Waals surface area contributed by atoms with Crippen molar-refractivity contribution in [2.75, 3.05) is 57.0 Å². The number of nitrogens with one attached hydrogen (secondary N) is 1. The first-order chi connectivity index (χ1) is 12.7. The zero-order chi connectivity index (χ0) is 18.4. The van der Waals surface area contributed by atoms with Gasteiger partial charge in [0.25, 0.3) is 5.91 Å². The number of nitrogens with zero attached hydrogens (tertiary/aromatic N) is 3. The Labute approximate surface area is 153 Å². The first-order valence-electron chi connectivity index (χ1n) is 8.76. The Morgan fingerprint density at radius 2 is 1.92 bits per heavy atom. The van der Waals surface area contributed by atoms with E-state index >= 15 is 0 Å². The fourth-order valence-electron chi connectivity index (χ4n) is 3.07. The molecule has 7 nitrogen and oxygen atoms in total. The molecule has 138 valence electrons. The van der Waals surface area contributed by atoms with Crippen LogP contribution >= 0.6 is 0 Å². The fourth-order valence-corrected chi connectivity index (χ4v) is 3.07. The van der Waals surface area contributed by atoms with E-state index in [1.165, 1.54) is 5.69 Å². The van der Waals surface area contributed by atoms with Crippen LogP contribution in [0.1, 0.15) is 10.4 Å². The molecule has 0 spiro atoms. The molecular formula is C19H25N5O2. The van der Waals surface area contributed by atoms with E-state index < -0.39 is 0 Å². The van der Waals surface area contributed by atoms with Gasteiger partial charge in [0, 0.05) is 62.9 Å². The lowest BCUT2D eigenvalue weighted by Crippen LogP contribution is -2.48. The molecule has 3 N–H and O–H groups in total. The third kappa shape index (κ3) is 4.43. The van der Waals surface area contributed by atoms with Crippen molar-refractivity contribution < 1.29 is 9.53 Å². The third-order valence-electron chi connectivity index (χ3n) is 4.61. The lowest BCUT2D eigenvalue weighted by atomic mass is 10.2. The molecule has 1 aromatic heterocycles. The predicted octanol–water partition coefficient (Wildman–Crippen LogP) is 1.22. The van der Waals surface area contributed by atoms with Crippen molar-refractivity contribution >= 4 is 17.3 Å². The van der Waals surface area contributed by atoms with Crippen molar-refractivity contribution in [2.24, 2.45) is 0 Å². The van der Waals surface area contributed by atoms with Gasteiger partial charge in [-0.2, -0.15) is 0 Å². The van der Waals surface area contributed by atoms with Crippen LogP contribution in [-0.2, 0) is 0 Å². The zero-order valence-corrected chi connectivity index (χ0v) is 15.0. The number of aromatic nitrogens is 1. The molecule has 0 atom stereocenters. The number of methoxy groups -OCH3 is 1. The average Bonchev–Trinajstić information content (AvgIpc) is 2.69. The number of nitrogens with two attached hydrogens (primary N) is 1. The number of carbonyl (C=O) groups is 1. The van der Waals surface area contributed by atoms with E-state index in [1.54, 1.807) is 25.3 Å². The number of ether oxygens (including phenoxy) is 1. The number of anilines is 2. The van der Waals surface area contributed by atoms with Crippen molar-refractivity contribution in [3.05, 3.63) is 48.3 Å². The minimum atomic E-state index is -0.112. The van der Waals surface area contributed by atoms with Gasteiger partial charge in [-0.25, -0.2) is 0 Å². The summed E-state index contributed by atoms with van der Waals surface area (Å²) in [7, 11) is 1.54. The number of piperazine rings is 1. The number of nitrogen functional groups attached to an aromatic ring is 1. The molecule has 7 heteroatoms. The molecular weight excluding hydrogens is 330 g/mol. The van der Waals surface area contributed by atoms with Crippen LogP contribution in [0.5, 0.6) is 5.75 Å². The molecule has 2 aromatic rings. The van der Waals surface area contributed by atoms with E-state index in [4.69, 9.17) is 10.5 Å². The molecule has 1 fully saturated rings. The Hall–Kier alpha value is -2.80. The van der Waals surface area contributed by atoms with Crippen LogP contribution in [0.25, 0.3) is 0 Å². The molecule has 0 unspecified atom stereocenters. The second-order valence-corrected chi connectivity index (χ2v) is 6.25. The summed E-state index contributed by atoms with van der Waals surface area (Å²) in [4.78, 5) is 21.0. The average molecular weight is 355 g/mol. The number of benzene rings is 1. The molecule has 0 radical (unpaired) electrons. The van der Waals surface area contributed by atoms with Gasteiger partial charge in [-0.3, -0.25) is 14.7 Å².